The number of rotatable bonds is 6. The smallest absolute Gasteiger partial charge is 0.262 e. The molecule has 4 aromatic rings. The Morgan fingerprint density at radius 1 is 0.967 bits per heavy atom. The minimum absolute atomic E-state index is 0.129. The highest BCUT2D eigenvalue weighted by Gasteiger charge is 2.14. The number of benzene rings is 3. The van der Waals surface area contributed by atoms with Crippen molar-refractivity contribution in [2.75, 3.05) is 11.9 Å². The predicted molar refractivity (Wildman–Crippen MR) is 128 cm³/mol. The van der Waals surface area contributed by atoms with Crippen LogP contribution in [0.1, 0.15) is 0 Å². The second kappa shape index (κ2) is 9.64. The quantitative estimate of drug-likeness (QED) is 0.286. The van der Waals surface area contributed by atoms with E-state index in [0.29, 0.717) is 11.3 Å². The largest absolute Gasteiger partial charge is 0.480 e. The van der Waals surface area contributed by atoms with Crippen LogP contribution in [0.3, 0.4) is 0 Å². The van der Waals surface area contributed by atoms with Crippen molar-refractivity contribution >= 4 is 66.1 Å². The molecule has 0 aliphatic heterocycles. The number of nitrogens with one attached hydrogen (secondary N) is 1. The van der Waals surface area contributed by atoms with Gasteiger partial charge >= 0.3 is 0 Å². The summed E-state index contributed by atoms with van der Waals surface area (Å²) < 4.78 is 7.48. The zero-order valence-electron chi connectivity index (χ0n) is 15.6. The molecule has 0 atom stereocenters. The Hall–Kier alpha value is -2.35. The number of anilines is 1. The number of ether oxygens (including phenoxy) is 1. The number of para-hydroxylation sites is 1. The van der Waals surface area contributed by atoms with E-state index in [9.17, 15) is 4.79 Å². The van der Waals surface area contributed by atoms with Crippen LogP contribution in [0.15, 0.2) is 97.7 Å². The third kappa shape index (κ3) is 4.86. The van der Waals surface area contributed by atoms with E-state index >= 15 is 0 Å². The van der Waals surface area contributed by atoms with Gasteiger partial charge in [-0.05, 0) is 52.3 Å². The van der Waals surface area contributed by atoms with Crippen LogP contribution in [0.5, 0.6) is 5.75 Å². The average molecular weight is 544 g/mol. The van der Waals surface area contributed by atoms with Crippen molar-refractivity contribution in [2.24, 2.45) is 0 Å². The molecule has 0 bridgehead atoms. The van der Waals surface area contributed by atoms with E-state index in [1.54, 1.807) is 18.0 Å². The molecule has 1 amide bonds. The molecule has 1 heterocycles. The topological polar surface area (TPSA) is 51.2 Å². The monoisotopic (exact) mass is 542 g/mol. The lowest BCUT2D eigenvalue weighted by molar-refractivity contribution is -0.118. The van der Waals surface area contributed by atoms with E-state index in [1.807, 2.05) is 72.8 Å². The van der Waals surface area contributed by atoms with Gasteiger partial charge in [0, 0.05) is 25.8 Å². The van der Waals surface area contributed by atoms with Crippen molar-refractivity contribution in [3.05, 3.63) is 87.9 Å². The fraction of sp³-hybridized carbons (Fsp3) is 0.0435. The summed E-state index contributed by atoms with van der Waals surface area (Å²) in [6.45, 7) is -0.129. The first-order valence-corrected chi connectivity index (χ1v) is 11.5. The highest BCUT2D eigenvalue weighted by Crippen LogP contribution is 2.37. The predicted octanol–water partition coefficient (Wildman–Crippen LogP) is 6.93. The van der Waals surface area contributed by atoms with E-state index in [2.05, 4.69) is 42.2 Å². The number of nitrogens with zero attached hydrogens (tertiary/aromatic N) is 1. The molecule has 0 saturated carbocycles. The highest BCUT2D eigenvalue weighted by molar-refractivity contribution is 9.11. The number of carbonyl (C=O) groups excluding carboxylic acids is 1. The Bertz CT molecular complexity index is 1200. The van der Waals surface area contributed by atoms with E-state index in [4.69, 9.17) is 4.74 Å². The molecule has 4 rings (SSSR count). The first-order chi connectivity index (χ1) is 14.6. The van der Waals surface area contributed by atoms with Gasteiger partial charge in [0.05, 0.1) is 10.2 Å². The molecule has 0 fully saturated rings. The number of hydrogen-bond acceptors (Lipinski definition) is 4. The van der Waals surface area contributed by atoms with Crippen LogP contribution in [0.2, 0.25) is 0 Å². The first-order valence-electron chi connectivity index (χ1n) is 9.09. The van der Waals surface area contributed by atoms with Crippen LogP contribution in [0, 0.1) is 0 Å². The van der Waals surface area contributed by atoms with E-state index in [0.717, 1.165) is 29.8 Å². The Balaban J connectivity index is 1.49. The summed E-state index contributed by atoms with van der Waals surface area (Å²) in [4.78, 5) is 19.1. The Kier molecular flexibility index (Phi) is 6.72. The molecule has 0 saturated heterocycles. The van der Waals surface area contributed by atoms with E-state index < -0.39 is 0 Å². The third-order valence-electron chi connectivity index (χ3n) is 4.23. The minimum Gasteiger partial charge on any atom is -0.480 e. The van der Waals surface area contributed by atoms with Gasteiger partial charge in [-0.2, -0.15) is 0 Å². The molecule has 1 N–H and O–H groups in total. The van der Waals surface area contributed by atoms with Gasteiger partial charge in [-0.25, -0.2) is 0 Å². The van der Waals surface area contributed by atoms with Gasteiger partial charge in [-0.15, -0.1) is 0 Å². The van der Waals surface area contributed by atoms with Crippen LogP contribution in [0.25, 0.3) is 10.9 Å². The number of pyridine rings is 1. The molecule has 0 aliphatic rings. The summed E-state index contributed by atoms with van der Waals surface area (Å²) in [5.74, 6) is 0.297. The molecule has 7 heteroatoms. The fourth-order valence-corrected chi connectivity index (χ4v) is 5.19. The summed E-state index contributed by atoms with van der Waals surface area (Å²) >= 11 is 8.64. The van der Waals surface area contributed by atoms with Crippen molar-refractivity contribution < 1.29 is 9.53 Å². The molecular weight excluding hydrogens is 528 g/mol. The normalized spacial score (nSPS) is 10.7. The molecule has 4 nitrogen and oxygen atoms in total. The number of amides is 1. The Morgan fingerprint density at radius 2 is 1.73 bits per heavy atom. The van der Waals surface area contributed by atoms with Crippen molar-refractivity contribution in [1.29, 1.82) is 0 Å². The number of hydrogen-bond donors (Lipinski definition) is 1. The van der Waals surface area contributed by atoms with Gasteiger partial charge in [-0.3, -0.25) is 9.78 Å². The van der Waals surface area contributed by atoms with Crippen LogP contribution in [0.4, 0.5) is 5.69 Å². The summed E-state index contributed by atoms with van der Waals surface area (Å²) in [7, 11) is 0. The van der Waals surface area contributed by atoms with Gasteiger partial charge in [0.1, 0.15) is 5.52 Å². The molecule has 0 radical (unpaired) electrons. The maximum Gasteiger partial charge on any atom is 0.262 e. The Labute approximate surface area is 195 Å². The lowest BCUT2D eigenvalue weighted by Gasteiger charge is -2.13. The molecule has 3 aromatic carbocycles. The van der Waals surface area contributed by atoms with Gasteiger partial charge in [-0.1, -0.05) is 64.1 Å². The second-order valence-electron chi connectivity index (χ2n) is 6.32. The maximum absolute atomic E-state index is 12.6. The number of aromatic nitrogens is 1. The summed E-state index contributed by atoms with van der Waals surface area (Å²) in [6.07, 6.45) is 1.70. The van der Waals surface area contributed by atoms with Crippen LogP contribution >= 0.6 is 43.6 Å². The van der Waals surface area contributed by atoms with Crippen molar-refractivity contribution in [2.45, 2.75) is 9.79 Å². The summed E-state index contributed by atoms with van der Waals surface area (Å²) in [5, 5.41) is 3.87. The van der Waals surface area contributed by atoms with Gasteiger partial charge in [0.15, 0.2) is 12.4 Å². The SMILES string of the molecule is O=C(COc1c(Br)cc(Br)c2cccnc12)Nc1ccccc1Sc1ccccc1. The van der Waals surface area contributed by atoms with Crippen molar-refractivity contribution in [3.63, 3.8) is 0 Å². The number of carbonyl (C=O) groups is 1. The standard InChI is InChI=1S/C23H16Br2N2O2S/c24-17-13-18(25)23(22-16(17)9-6-12-26-22)29-14-21(28)27-19-10-4-5-11-20(19)30-15-7-2-1-3-8-15/h1-13H,14H2,(H,27,28). The lowest BCUT2D eigenvalue weighted by atomic mass is 10.2. The molecule has 0 aliphatic carbocycles. The lowest BCUT2D eigenvalue weighted by Crippen LogP contribution is -2.20. The number of fused-ring (bicyclic) bond motifs is 1. The zero-order chi connectivity index (χ0) is 20.9. The van der Waals surface area contributed by atoms with Gasteiger partial charge in [0.2, 0.25) is 0 Å². The number of halogens is 2. The van der Waals surface area contributed by atoms with E-state index in [-0.39, 0.29) is 12.5 Å². The summed E-state index contributed by atoms with van der Waals surface area (Å²) in [6, 6.07) is 23.5. The second-order valence-corrected chi connectivity index (χ2v) is 9.14. The molecule has 30 heavy (non-hydrogen) atoms. The van der Waals surface area contributed by atoms with Gasteiger partial charge < -0.3 is 10.1 Å². The van der Waals surface area contributed by atoms with Crippen LogP contribution in [-0.2, 0) is 4.79 Å². The highest BCUT2D eigenvalue weighted by atomic mass is 79.9. The first kappa shape index (κ1) is 20.9. The van der Waals surface area contributed by atoms with Crippen LogP contribution < -0.4 is 10.1 Å². The van der Waals surface area contributed by atoms with Crippen molar-refractivity contribution in [1.82, 2.24) is 4.98 Å². The van der Waals surface area contributed by atoms with E-state index in [1.165, 1.54) is 0 Å². The molecule has 0 unspecified atom stereocenters. The van der Waals surface area contributed by atoms with Crippen LogP contribution in [-0.4, -0.2) is 17.5 Å². The molecular formula is C23H16Br2N2O2S. The third-order valence-corrected chi connectivity index (χ3v) is 6.56. The zero-order valence-corrected chi connectivity index (χ0v) is 19.6. The fourth-order valence-electron chi connectivity index (χ4n) is 2.88. The molecule has 1 aromatic heterocycles. The Morgan fingerprint density at radius 3 is 2.57 bits per heavy atom. The van der Waals surface area contributed by atoms with Gasteiger partial charge in [0.25, 0.3) is 5.91 Å². The maximum atomic E-state index is 12.6. The average Bonchev–Trinajstić information content (AvgIpc) is 2.76. The molecule has 150 valence electrons. The minimum atomic E-state index is -0.241. The van der Waals surface area contributed by atoms with Crippen molar-refractivity contribution in [3.8, 4) is 5.75 Å². The summed E-state index contributed by atoms with van der Waals surface area (Å²) in [5.41, 5.74) is 1.43. The molecule has 0 spiro atoms.